The molecule has 25 heteroatoms. The molecule has 5 atom stereocenters. The van der Waals surface area contributed by atoms with Crippen LogP contribution in [0.3, 0.4) is 0 Å². The number of aliphatic hydroxyl groups is 1. The average molecular weight is 679 g/mol. The predicted octanol–water partition coefficient (Wildman–Crippen LogP) is -8.59. The van der Waals surface area contributed by atoms with E-state index < -0.39 is 96.6 Å². The fraction of sp³-hybridized carbons (Fsp3) is 0.304. The van der Waals surface area contributed by atoms with Gasteiger partial charge in [0.25, 0.3) is 23.6 Å². The third-order valence-electron chi connectivity index (χ3n) is 5.46. The Balaban J connectivity index is 3.29. The number of hydrogen-bond donors (Lipinski definition) is 19. The molecule has 0 aromatic heterocycles. The Morgan fingerprint density at radius 2 is 0.896 bits per heavy atom. The van der Waals surface area contributed by atoms with Crippen LogP contribution in [0, 0.1) is 21.6 Å². The van der Waals surface area contributed by atoms with Crippen LogP contribution in [0.15, 0.2) is 30.3 Å². The van der Waals surface area contributed by atoms with Gasteiger partial charge in [0, 0.05) is 6.42 Å². The number of benzene rings is 1. The van der Waals surface area contributed by atoms with Crippen molar-refractivity contribution in [2.45, 2.75) is 37.1 Å². The number of guanidine groups is 4. The molecule has 0 saturated carbocycles. The van der Waals surface area contributed by atoms with Crippen molar-refractivity contribution in [3.05, 3.63) is 35.9 Å². The Hall–Kier alpha value is -6.92. The first-order valence-corrected chi connectivity index (χ1v) is 13.3. The molecule has 0 aliphatic rings. The highest BCUT2D eigenvalue weighted by atomic mass is 16.3. The third kappa shape index (κ3) is 13.8. The number of aliphatic hydroxyl groups excluding tert-OH is 1. The highest BCUT2D eigenvalue weighted by Crippen LogP contribution is 2.13. The lowest BCUT2D eigenvalue weighted by Gasteiger charge is -2.28. The molecule has 1 aromatic carbocycles. The quantitative estimate of drug-likeness (QED) is 0.0413. The van der Waals surface area contributed by atoms with E-state index in [2.05, 4.69) is 31.9 Å². The van der Waals surface area contributed by atoms with Crippen LogP contribution in [0.2, 0.25) is 0 Å². The lowest BCUT2D eigenvalue weighted by molar-refractivity contribution is -0.135. The molecule has 0 saturated heterocycles. The van der Waals surface area contributed by atoms with Crippen LogP contribution in [-0.4, -0.2) is 95.7 Å². The number of nitrogens with one attached hydrogen (secondary N) is 13. The Bertz CT molecular complexity index is 1410. The summed E-state index contributed by atoms with van der Waals surface area (Å²) in [6, 6.07) is 6.31. The average Bonchev–Trinajstić information content (AvgIpc) is 2.97. The number of hydrogen-bond acceptors (Lipinski definition) is 11. The number of carbonyl (C=O) groups excluding carboxylic acids is 6. The number of nitrogens with two attached hydrogens (primary N) is 5. The van der Waals surface area contributed by atoms with Gasteiger partial charge in [-0.3, -0.25) is 50.4 Å². The Morgan fingerprint density at radius 3 is 1.25 bits per heavy atom. The van der Waals surface area contributed by atoms with E-state index in [-0.39, 0.29) is 12.0 Å². The summed E-state index contributed by atoms with van der Waals surface area (Å²) in [5.74, 6) is -10.1. The second-order valence-corrected chi connectivity index (χ2v) is 9.29. The van der Waals surface area contributed by atoms with E-state index in [1.807, 2.05) is 16.0 Å². The monoisotopic (exact) mass is 678 g/mol. The zero-order chi connectivity index (χ0) is 36.6. The fourth-order valence-corrected chi connectivity index (χ4v) is 3.48. The summed E-state index contributed by atoms with van der Waals surface area (Å²) in [5.41, 5.74) is 26.6. The van der Waals surface area contributed by atoms with E-state index in [4.69, 9.17) is 55.4 Å². The summed E-state index contributed by atoms with van der Waals surface area (Å²) < 4.78 is 0. The van der Waals surface area contributed by atoms with Crippen LogP contribution in [0.25, 0.3) is 0 Å². The molecular weight excluding hydrogens is 640 g/mol. The molecule has 6 amide bonds. The Labute approximate surface area is 271 Å². The van der Waals surface area contributed by atoms with Crippen molar-refractivity contribution in [1.29, 1.82) is 21.6 Å². The van der Waals surface area contributed by atoms with Gasteiger partial charge in [-0.25, -0.2) is 0 Å². The topological polar surface area (TPSA) is 456 Å². The van der Waals surface area contributed by atoms with E-state index >= 15 is 0 Å². The predicted molar refractivity (Wildman–Crippen MR) is 166 cm³/mol. The first-order valence-electron chi connectivity index (χ1n) is 13.3. The van der Waals surface area contributed by atoms with Crippen molar-refractivity contribution >= 4 is 59.3 Å². The van der Waals surface area contributed by atoms with Gasteiger partial charge in [0.05, 0.1) is 6.61 Å². The molecule has 25 nitrogen and oxygen atoms in total. The summed E-state index contributed by atoms with van der Waals surface area (Å²) in [4.78, 5) is 76.4. The minimum Gasteiger partial charge on any atom is -0.396 e. The first-order chi connectivity index (χ1) is 22.4. The second-order valence-electron chi connectivity index (χ2n) is 9.29. The van der Waals surface area contributed by atoms with Gasteiger partial charge >= 0.3 is 0 Å². The first kappa shape index (κ1) is 39.1. The maximum Gasteiger partial charge on any atom is 0.265 e. The largest absolute Gasteiger partial charge is 0.396 e. The summed E-state index contributed by atoms with van der Waals surface area (Å²) in [6.07, 6.45) is -8.00. The normalized spacial score (nSPS) is 13.3. The molecule has 1 aromatic rings. The molecule has 262 valence electrons. The minimum absolute atomic E-state index is 0.262. The molecule has 0 fully saturated rings. The lowest BCUT2D eigenvalue weighted by Crippen LogP contribution is -2.68. The molecule has 0 aliphatic carbocycles. The minimum atomic E-state index is -2.01. The van der Waals surface area contributed by atoms with Crippen LogP contribution in [0.1, 0.15) is 18.0 Å². The third-order valence-corrected chi connectivity index (χ3v) is 5.46. The van der Waals surface area contributed by atoms with Crippen LogP contribution >= 0.6 is 0 Å². The van der Waals surface area contributed by atoms with Crippen molar-refractivity contribution < 1.29 is 33.9 Å². The standard InChI is InChI=1S/C23H38N18O7/c24-11(44)12(38-20(25)26)34-17(46)14(40-22(29)30)36-19(48)15(41-23(31)32)37-18(47)13(39-21(27)28)35-16(45)10(33-9(43)6-7-42)8-4-2-1-3-5-8/h1-5,10,12-15,42H,6-7H2,(H2,24,44)(H,33,43)(H,34,46)(H,35,45)(H,36,48)(H,37,47)(H4,25,26,38)(H4,27,28,39)(H4,29,30,40)(H4,31,32,41). The van der Waals surface area contributed by atoms with Gasteiger partial charge in [-0.05, 0) is 5.56 Å². The van der Waals surface area contributed by atoms with E-state index in [9.17, 15) is 28.8 Å². The summed E-state index contributed by atoms with van der Waals surface area (Å²) in [5, 5.41) is 57.9. The van der Waals surface area contributed by atoms with Gasteiger partial charge in [-0.15, -0.1) is 0 Å². The van der Waals surface area contributed by atoms with Crippen molar-refractivity contribution in [3.63, 3.8) is 0 Å². The van der Waals surface area contributed by atoms with Gasteiger partial charge in [0.1, 0.15) is 6.04 Å². The maximum absolute atomic E-state index is 13.3. The second kappa shape index (κ2) is 18.8. The SMILES string of the molecule is N=C(N)NC(NC(=O)C(NC(=N)N)NC(=O)C(NC(=N)N)NC(=O)C(NC(=N)N)NC(=O)C(NC(=O)CCO)c1ccccc1)C(N)=O. The highest BCUT2D eigenvalue weighted by molar-refractivity contribution is 5.99. The molecule has 24 N–H and O–H groups in total. The van der Waals surface area contributed by atoms with E-state index in [1.165, 1.54) is 12.1 Å². The van der Waals surface area contributed by atoms with Gasteiger partial charge in [-0.2, -0.15) is 0 Å². The van der Waals surface area contributed by atoms with Crippen molar-refractivity contribution in [2.24, 2.45) is 28.7 Å². The zero-order valence-corrected chi connectivity index (χ0v) is 25.0. The highest BCUT2D eigenvalue weighted by Gasteiger charge is 2.33. The van der Waals surface area contributed by atoms with Crippen molar-refractivity contribution in [3.8, 4) is 0 Å². The molecule has 0 heterocycles. The van der Waals surface area contributed by atoms with Gasteiger partial charge in [0.2, 0.25) is 11.8 Å². The molecule has 0 radical (unpaired) electrons. The van der Waals surface area contributed by atoms with Crippen LogP contribution in [0.4, 0.5) is 0 Å². The number of primary amides is 1. The smallest absolute Gasteiger partial charge is 0.265 e. The summed E-state index contributed by atoms with van der Waals surface area (Å²) in [7, 11) is 0. The van der Waals surface area contributed by atoms with Gasteiger partial charge < -0.3 is 81.6 Å². The van der Waals surface area contributed by atoms with E-state index in [0.717, 1.165) is 0 Å². The summed E-state index contributed by atoms with van der Waals surface area (Å²) in [6.45, 7) is -0.524. The number of rotatable bonds is 17. The Kier molecular flexibility index (Phi) is 15.3. The van der Waals surface area contributed by atoms with Gasteiger partial charge in [-0.1, -0.05) is 30.3 Å². The van der Waals surface area contributed by atoms with Crippen LogP contribution < -0.4 is 76.5 Å². The Morgan fingerprint density at radius 1 is 0.542 bits per heavy atom. The van der Waals surface area contributed by atoms with E-state index in [1.54, 1.807) is 18.2 Å². The van der Waals surface area contributed by atoms with Crippen LogP contribution in [-0.2, 0) is 28.8 Å². The van der Waals surface area contributed by atoms with E-state index in [0.29, 0.717) is 0 Å². The zero-order valence-electron chi connectivity index (χ0n) is 25.0. The van der Waals surface area contributed by atoms with Crippen molar-refractivity contribution in [2.75, 3.05) is 6.61 Å². The maximum atomic E-state index is 13.3. The molecule has 5 unspecified atom stereocenters. The molecule has 48 heavy (non-hydrogen) atoms. The molecule has 0 bridgehead atoms. The van der Waals surface area contributed by atoms with Crippen LogP contribution in [0.5, 0.6) is 0 Å². The number of amides is 6. The number of carbonyl (C=O) groups is 6. The molecule has 0 spiro atoms. The lowest BCUT2D eigenvalue weighted by atomic mass is 10.1. The molecule has 0 aliphatic heterocycles. The van der Waals surface area contributed by atoms with Crippen molar-refractivity contribution in [1.82, 2.24) is 47.9 Å². The molecule has 1 rings (SSSR count). The molecular formula is C23H38N18O7. The fourth-order valence-electron chi connectivity index (χ4n) is 3.48. The summed E-state index contributed by atoms with van der Waals surface area (Å²) >= 11 is 0. The van der Waals surface area contributed by atoms with Gasteiger partial charge in [0.15, 0.2) is 48.5 Å².